The highest BCUT2D eigenvalue weighted by molar-refractivity contribution is 7.51. The number of carbonyl (C=O) groups is 1. The summed E-state index contributed by atoms with van der Waals surface area (Å²) >= 11 is -0.750. The van der Waals surface area contributed by atoms with Crippen LogP contribution in [0.15, 0.2) is 12.3 Å². The van der Waals surface area contributed by atoms with Crippen molar-refractivity contribution in [3.63, 3.8) is 0 Å². The van der Waals surface area contributed by atoms with Gasteiger partial charge in [0, 0.05) is 48.4 Å². The SMILES string of the molecule is CCn1nc(C(=O)NC[C@]2(O)CC[C@@H](C)C[C@H]2O)c(C)c1-c1cnc(CC(C)(C)C(F)F)cc1OC(F)F.O=S=O. The zero-order valence-corrected chi connectivity index (χ0v) is 24.3. The molecule has 3 N–H and O–H groups in total. The summed E-state index contributed by atoms with van der Waals surface area (Å²) < 4.78 is 76.1. The molecule has 3 rings (SSSR count). The van der Waals surface area contributed by atoms with E-state index in [1.807, 2.05) is 6.92 Å². The molecule has 2 heterocycles. The highest BCUT2D eigenvalue weighted by Gasteiger charge is 2.40. The predicted molar refractivity (Wildman–Crippen MR) is 141 cm³/mol. The molecule has 15 heteroatoms. The number of pyridine rings is 1. The summed E-state index contributed by atoms with van der Waals surface area (Å²) in [4.78, 5) is 17.3. The third kappa shape index (κ3) is 8.55. The maximum atomic E-state index is 13.4. The molecule has 1 aliphatic rings. The monoisotopic (exact) mass is 608 g/mol. The lowest BCUT2D eigenvalue weighted by molar-refractivity contribution is -0.106. The first-order valence-electron chi connectivity index (χ1n) is 13.0. The van der Waals surface area contributed by atoms with Gasteiger partial charge in [0.1, 0.15) is 11.4 Å². The first kappa shape index (κ1) is 34.3. The molecular formula is C26H36F4N4O6S. The van der Waals surface area contributed by atoms with Crippen molar-refractivity contribution in [1.29, 1.82) is 0 Å². The number of aliphatic hydroxyl groups is 2. The van der Waals surface area contributed by atoms with Gasteiger partial charge in [0.25, 0.3) is 5.91 Å². The van der Waals surface area contributed by atoms with Crippen molar-refractivity contribution in [1.82, 2.24) is 20.1 Å². The van der Waals surface area contributed by atoms with Crippen LogP contribution in [0.2, 0.25) is 0 Å². The summed E-state index contributed by atoms with van der Waals surface area (Å²) in [5.74, 6) is -0.611. The van der Waals surface area contributed by atoms with Crippen molar-refractivity contribution < 1.29 is 45.7 Å². The van der Waals surface area contributed by atoms with Gasteiger partial charge in [-0.3, -0.25) is 14.5 Å². The minimum Gasteiger partial charge on any atom is -0.434 e. The number of carbonyl (C=O) groups excluding carboxylic acids is 1. The molecule has 2 aromatic rings. The number of hydrogen-bond acceptors (Lipinski definition) is 8. The second-order valence-electron chi connectivity index (χ2n) is 10.9. The van der Waals surface area contributed by atoms with Gasteiger partial charge in [-0.2, -0.15) is 22.3 Å². The van der Waals surface area contributed by atoms with Gasteiger partial charge < -0.3 is 20.3 Å². The van der Waals surface area contributed by atoms with Crippen molar-refractivity contribution >= 4 is 17.5 Å². The number of nitrogens with zero attached hydrogens (tertiary/aromatic N) is 3. The zero-order chi connectivity index (χ0) is 31.1. The molecule has 41 heavy (non-hydrogen) atoms. The molecular weight excluding hydrogens is 572 g/mol. The smallest absolute Gasteiger partial charge is 0.387 e. The van der Waals surface area contributed by atoms with E-state index in [4.69, 9.17) is 13.2 Å². The molecule has 0 radical (unpaired) electrons. The maximum Gasteiger partial charge on any atom is 0.387 e. The number of halogens is 4. The van der Waals surface area contributed by atoms with Crippen LogP contribution in [-0.4, -0.2) is 70.6 Å². The van der Waals surface area contributed by atoms with E-state index < -0.39 is 47.6 Å². The first-order valence-corrected chi connectivity index (χ1v) is 13.7. The molecule has 0 unspecified atom stereocenters. The average Bonchev–Trinajstić information content (AvgIpc) is 3.21. The van der Waals surface area contributed by atoms with E-state index in [-0.39, 0.29) is 48.1 Å². The number of ether oxygens (including phenoxy) is 1. The van der Waals surface area contributed by atoms with Crippen molar-refractivity contribution in [2.24, 2.45) is 11.3 Å². The second-order valence-corrected chi connectivity index (χ2v) is 11.0. The quantitative estimate of drug-likeness (QED) is 0.347. The fourth-order valence-electron chi connectivity index (χ4n) is 4.73. The van der Waals surface area contributed by atoms with E-state index in [2.05, 4.69) is 15.4 Å². The van der Waals surface area contributed by atoms with Crippen molar-refractivity contribution in [3.8, 4) is 17.0 Å². The Morgan fingerprint density at radius 1 is 1.32 bits per heavy atom. The van der Waals surface area contributed by atoms with E-state index in [1.165, 1.54) is 30.8 Å². The van der Waals surface area contributed by atoms with Crippen LogP contribution in [0.1, 0.15) is 68.7 Å². The Morgan fingerprint density at radius 3 is 2.49 bits per heavy atom. The summed E-state index contributed by atoms with van der Waals surface area (Å²) in [6.45, 7) is 4.95. The Kier molecular flexibility index (Phi) is 12.0. The van der Waals surface area contributed by atoms with Gasteiger partial charge in [-0.1, -0.05) is 20.8 Å². The molecule has 0 spiro atoms. The fourth-order valence-corrected chi connectivity index (χ4v) is 4.73. The van der Waals surface area contributed by atoms with Crippen LogP contribution < -0.4 is 10.1 Å². The number of rotatable bonds is 10. The van der Waals surface area contributed by atoms with Gasteiger partial charge in [-0.15, -0.1) is 0 Å². The van der Waals surface area contributed by atoms with Gasteiger partial charge in [0.2, 0.25) is 6.43 Å². The molecule has 0 aromatic carbocycles. The average molecular weight is 609 g/mol. The van der Waals surface area contributed by atoms with Crippen molar-refractivity contribution in [2.75, 3.05) is 6.54 Å². The van der Waals surface area contributed by atoms with Gasteiger partial charge in [0.05, 0.1) is 17.4 Å². The third-order valence-electron chi connectivity index (χ3n) is 7.20. The van der Waals surface area contributed by atoms with Crippen LogP contribution in [0.5, 0.6) is 5.75 Å². The third-order valence-corrected chi connectivity index (χ3v) is 7.20. The van der Waals surface area contributed by atoms with Crippen LogP contribution in [0, 0.1) is 18.3 Å². The van der Waals surface area contributed by atoms with Gasteiger partial charge in [0.15, 0.2) is 5.69 Å². The van der Waals surface area contributed by atoms with Crippen LogP contribution in [0.25, 0.3) is 11.3 Å². The maximum absolute atomic E-state index is 13.4. The standard InChI is InChI=1S/C26H36F4N4O4.O2S/c1-6-34-21(17-12-31-16(10-18(17)38-24(29)30)11-25(4,5)23(27)28)15(3)20(33-34)22(36)32-13-26(37)8-7-14(2)9-19(26)35;1-3-2/h10,12,14,19,23-24,35,37H,6-9,11,13H2,1-5H3,(H,32,36);/t14-,19-,26-;/m1./s1. The van der Waals surface area contributed by atoms with Crippen LogP contribution >= 0.6 is 0 Å². The molecule has 0 bridgehead atoms. The van der Waals surface area contributed by atoms with E-state index >= 15 is 0 Å². The number of alkyl halides is 4. The molecule has 230 valence electrons. The Bertz CT molecular complexity index is 1240. The van der Waals surface area contributed by atoms with Crippen LogP contribution in [-0.2, 0) is 24.5 Å². The number of aryl methyl sites for hydroxylation is 1. The first-order chi connectivity index (χ1) is 19.1. The van der Waals surface area contributed by atoms with E-state index in [0.717, 1.165) is 0 Å². The number of nitrogens with one attached hydrogen (secondary N) is 1. The Labute approximate surface area is 239 Å². The predicted octanol–water partition coefficient (Wildman–Crippen LogP) is 3.68. The summed E-state index contributed by atoms with van der Waals surface area (Å²) in [5, 5.41) is 28.2. The van der Waals surface area contributed by atoms with Gasteiger partial charge in [-0.25, -0.2) is 8.78 Å². The van der Waals surface area contributed by atoms with Gasteiger partial charge >= 0.3 is 18.2 Å². The lowest BCUT2D eigenvalue weighted by Crippen LogP contribution is -2.54. The number of hydrogen-bond donors (Lipinski definition) is 3. The molecule has 0 saturated heterocycles. The molecule has 1 saturated carbocycles. The van der Waals surface area contributed by atoms with Crippen LogP contribution in [0.4, 0.5) is 17.6 Å². The summed E-state index contributed by atoms with van der Waals surface area (Å²) in [6.07, 6.45) is -1.08. The number of amides is 1. The summed E-state index contributed by atoms with van der Waals surface area (Å²) in [5.41, 5.74) is -1.93. The molecule has 1 aliphatic carbocycles. The zero-order valence-electron chi connectivity index (χ0n) is 23.5. The van der Waals surface area contributed by atoms with Gasteiger partial charge in [-0.05, 0) is 39.0 Å². The molecule has 2 aromatic heterocycles. The lowest BCUT2D eigenvalue weighted by Gasteiger charge is -2.39. The topological polar surface area (TPSA) is 144 Å². The minimum absolute atomic E-state index is 0.00928. The Balaban J connectivity index is 0.00000187. The highest BCUT2D eigenvalue weighted by Crippen LogP contribution is 2.37. The second kappa shape index (κ2) is 14.3. The molecule has 3 atom stereocenters. The van der Waals surface area contributed by atoms with E-state index in [9.17, 15) is 32.6 Å². The lowest BCUT2D eigenvalue weighted by atomic mass is 9.77. The number of aromatic nitrogens is 3. The van der Waals surface area contributed by atoms with Crippen molar-refractivity contribution in [3.05, 3.63) is 29.2 Å². The highest BCUT2D eigenvalue weighted by atomic mass is 32.1. The fraction of sp³-hybridized carbons (Fsp3) is 0.654. The van der Waals surface area contributed by atoms with Crippen LogP contribution in [0.3, 0.4) is 0 Å². The van der Waals surface area contributed by atoms with E-state index in [1.54, 1.807) is 13.8 Å². The summed E-state index contributed by atoms with van der Waals surface area (Å²) in [6, 6.07) is 1.21. The Hall–Kier alpha value is -2.91. The minimum atomic E-state index is -3.18. The van der Waals surface area contributed by atoms with E-state index in [0.29, 0.717) is 30.5 Å². The molecule has 1 fully saturated rings. The largest absolute Gasteiger partial charge is 0.434 e. The summed E-state index contributed by atoms with van der Waals surface area (Å²) in [7, 11) is 0. The number of aliphatic hydroxyl groups excluding tert-OH is 1. The normalized spacial score (nSPS) is 20.9. The molecule has 1 amide bonds. The Morgan fingerprint density at radius 2 is 1.95 bits per heavy atom. The molecule has 0 aliphatic heterocycles. The van der Waals surface area contributed by atoms with Crippen molar-refractivity contribution in [2.45, 2.75) is 91.6 Å². The molecule has 10 nitrogen and oxygen atoms in total.